The molecule has 0 spiro atoms. The molecule has 0 aliphatic carbocycles. The van der Waals surface area contributed by atoms with Crippen molar-refractivity contribution in [1.29, 1.82) is 0 Å². The largest absolute Gasteiger partial charge is 0.415 e. The summed E-state index contributed by atoms with van der Waals surface area (Å²) in [4.78, 5) is 6.65. The van der Waals surface area contributed by atoms with Crippen molar-refractivity contribution in [2.24, 2.45) is 0 Å². The molecule has 1 aliphatic rings. The molecule has 1 aliphatic heterocycles. The smallest absolute Gasteiger partial charge is 0.125 e. The standard InChI is InChI=1S/C22H31NOSi2/c1-25(2,3)21-20(19-15-11-8-12-16-19)23(24-22(21)26(4,5)6)17-18-13-9-7-10-14-18/h7-16,20H,17H2,1-6H3. The molecule has 2 aromatic carbocycles. The maximum absolute atomic E-state index is 6.65. The first-order chi connectivity index (χ1) is 12.2. The molecule has 3 rings (SSSR count). The molecule has 1 heterocycles. The molecule has 0 amide bonds. The molecule has 138 valence electrons. The van der Waals surface area contributed by atoms with E-state index < -0.39 is 16.1 Å². The van der Waals surface area contributed by atoms with E-state index >= 15 is 0 Å². The molecule has 0 fully saturated rings. The highest BCUT2D eigenvalue weighted by Gasteiger charge is 2.45. The summed E-state index contributed by atoms with van der Waals surface area (Å²) in [6.07, 6.45) is 0. The summed E-state index contributed by atoms with van der Waals surface area (Å²) in [6, 6.07) is 21.8. The lowest BCUT2D eigenvalue weighted by Crippen LogP contribution is -2.34. The van der Waals surface area contributed by atoms with E-state index in [1.165, 1.54) is 16.5 Å². The van der Waals surface area contributed by atoms with Gasteiger partial charge in [0.2, 0.25) is 0 Å². The first-order valence-corrected chi connectivity index (χ1v) is 16.5. The van der Waals surface area contributed by atoms with Gasteiger partial charge < -0.3 is 4.84 Å². The predicted molar refractivity (Wildman–Crippen MR) is 116 cm³/mol. The molecule has 0 aromatic heterocycles. The Morgan fingerprint density at radius 3 is 1.81 bits per heavy atom. The third kappa shape index (κ3) is 4.03. The van der Waals surface area contributed by atoms with Gasteiger partial charge in [0.05, 0.1) is 26.0 Å². The van der Waals surface area contributed by atoms with Gasteiger partial charge in [-0.05, 0) is 16.3 Å². The number of nitrogens with zero attached hydrogens (tertiary/aromatic N) is 1. The number of benzene rings is 2. The van der Waals surface area contributed by atoms with E-state index in [1.54, 1.807) is 5.20 Å². The van der Waals surface area contributed by atoms with Crippen molar-refractivity contribution < 1.29 is 4.84 Å². The van der Waals surface area contributed by atoms with Gasteiger partial charge in [0.25, 0.3) is 0 Å². The van der Waals surface area contributed by atoms with Gasteiger partial charge in [-0.3, -0.25) is 0 Å². The predicted octanol–water partition coefficient (Wildman–Crippen LogP) is 6.18. The van der Waals surface area contributed by atoms with Crippen molar-refractivity contribution in [3.05, 3.63) is 82.4 Å². The van der Waals surface area contributed by atoms with Crippen LogP contribution in [0.5, 0.6) is 0 Å². The summed E-state index contributed by atoms with van der Waals surface area (Å²) < 4.78 is 0. The summed E-state index contributed by atoms with van der Waals surface area (Å²) in [7, 11) is -3.13. The van der Waals surface area contributed by atoms with Crippen LogP contribution >= 0.6 is 0 Å². The Hall–Kier alpha value is -1.63. The lowest BCUT2D eigenvalue weighted by atomic mass is 10.1. The van der Waals surface area contributed by atoms with Gasteiger partial charge in [-0.25, -0.2) is 0 Å². The van der Waals surface area contributed by atoms with E-state index in [-0.39, 0.29) is 6.04 Å². The van der Waals surface area contributed by atoms with E-state index in [4.69, 9.17) is 4.84 Å². The second-order valence-electron chi connectivity index (χ2n) is 9.21. The second-order valence-corrected chi connectivity index (χ2v) is 19.2. The monoisotopic (exact) mass is 381 g/mol. The Morgan fingerprint density at radius 2 is 1.31 bits per heavy atom. The van der Waals surface area contributed by atoms with Crippen molar-refractivity contribution in [1.82, 2.24) is 5.06 Å². The second kappa shape index (κ2) is 7.18. The fourth-order valence-corrected chi connectivity index (χ4v) is 9.08. The average Bonchev–Trinajstić information content (AvgIpc) is 2.96. The minimum absolute atomic E-state index is 0.227. The van der Waals surface area contributed by atoms with Crippen molar-refractivity contribution in [3.63, 3.8) is 0 Å². The lowest BCUT2D eigenvalue weighted by Gasteiger charge is -2.29. The molecule has 1 atom stereocenters. The quantitative estimate of drug-likeness (QED) is 0.573. The maximum Gasteiger partial charge on any atom is 0.125 e. The fraction of sp³-hybridized carbons (Fsp3) is 0.364. The topological polar surface area (TPSA) is 12.5 Å². The molecule has 26 heavy (non-hydrogen) atoms. The number of rotatable bonds is 5. The van der Waals surface area contributed by atoms with E-state index in [0.717, 1.165) is 6.54 Å². The molecule has 0 saturated heterocycles. The molecule has 0 N–H and O–H groups in total. The summed E-state index contributed by atoms with van der Waals surface area (Å²) in [5.41, 5.74) is 2.63. The molecule has 0 radical (unpaired) electrons. The molecular formula is C22H31NOSi2. The zero-order valence-corrected chi connectivity index (χ0v) is 18.9. The van der Waals surface area contributed by atoms with E-state index in [9.17, 15) is 0 Å². The Kier molecular flexibility index (Phi) is 5.29. The molecule has 0 bridgehead atoms. The average molecular weight is 382 g/mol. The lowest BCUT2D eigenvalue weighted by molar-refractivity contribution is -0.120. The van der Waals surface area contributed by atoms with Gasteiger partial charge in [-0.15, -0.1) is 5.06 Å². The van der Waals surface area contributed by atoms with E-state index in [2.05, 4.69) is 105 Å². The van der Waals surface area contributed by atoms with Crippen LogP contribution in [0, 0.1) is 0 Å². The summed E-state index contributed by atoms with van der Waals surface area (Å²) in [5, 5.41) is 5.12. The zero-order chi connectivity index (χ0) is 18.9. The van der Waals surface area contributed by atoms with Crippen LogP contribution in [-0.2, 0) is 11.4 Å². The van der Waals surface area contributed by atoms with Crippen molar-refractivity contribution in [3.8, 4) is 0 Å². The van der Waals surface area contributed by atoms with Crippen LogP contribution in [-0.4, -0.2) is 21.2 Å². The summed E-state index contributed by atoms with van der Waals surface area (Å²) in [5.74, 6) is 0. The van der Waals surface area contributed by atoms with Crippen LogP contribution in [0.2, 0.25) is 39.3 Å². The normalized spacial score (nSPS) is 18.9. The molecule has 2 aromatic rings. The molecule has 4 heteroatoms. The highest BCUT2D eigenvalue weighted by atomic mass is 28.3. The van der Waals surface area contributed by atoms with Crippen LogP contribution in [0.4, 0.5) is 0 Å². The van der Waals surface area contributed by atoms with Crippen LogP contribution in [0.25, 0.3) is 0 Å². The number of hydrogen-bond acceptors (Lipinski definition) is 2. The van der Waals surface area contributed by atoms with Gasteiger partial charge in [-0.1, -0.05) is 99.9 Å². The fourth-order valence-electron chi connectivity index (χ4n) is 3.63. The van der Waals surface area contributed by atoms with E-state index in [0.29, 0.717) is 0 Å². The zero-order valence-electron chi connectivity index (χ0n) is 16.9. The van der Waals surface area contributed by atoms with Crippen molar-refractivity contribution in [2.45, 2.75) is 51.9 Å². The highest BCUT2D eigenvalue weighted by Crippen LogP contribution is 2.46. The maximum atomic E-state index is 6.65. The van der Waals surface area contributed by atoms with Crippen LogP contribution in [0.1, 0.15) is 17.2 Å². The van der Waals surface area contributed by atoms with Gasteiger partial charge in [0.1, 0.15) is 8.07 Å². The Morgan fingerprint density at radius 1 is 0.769 bits per heavy atom. The minimum atomic E-state index is -1.58. The molecular weight excluding hydrogens is 350 g/mol. The van der Waals surface area contributed by atoms with Gasteiger partial charge >= 0.3 is 0 Å². The SMILES string of the molecule is C[Si](C)(C)C1=C([Si](C)(C)C)C(c2ccccc2)N(Cc2ccccc2)O1. The Labute approximate surface area is 160 Å². The van der Waals surface area contributed by atoms with Crippen LogP contribution in [0.15, 0.2) is 71.2 Å². The third-order valence-electron chi connectivity index (χ3n) is 4.80. The number of hydroxylamine groups is 2. The highest BCUT2D eigenvalue weighted by molar-refractivity contribution is 6.89. The summed E-state index contributed by atoms with van der Waals surface area (Å²) in [6.45, 7) is 15.4. The first-order valence-electron chi connectivity index (χ1n) is 9.46. The Balaban J connectivity index is 2.09. The molecule has 2 nitrogen and oxygen atoms in total. The van der Waals surface area contributed by atoms with E-state index in [1.807, 2.05) is 0 Å². The molecule has 0 saturated carbocycles. The number of hydrogen-bond donors (Lipinski definition) is 0. The van der Waals surface area contributed by atoms with Gasteiger partial charge in [-0.2, -0.15) is 0 Å². The van der Waals surface area contributed by atoms with Crippen LogP contribution < -0.4 is 0 Å². The first kappa shape index (κ1) is 19.1. The Bertz CT molecular complexity index is 773. The van der Waals surface area contributed by atoms with Crippen LogP contribution in [0.3, 0.4) is 0 Å². The van der Waals surface area contributed by atoms with Gasteiger partial charge in [0.15, 0.2) is 0 Å². The summed E-state index contributed by atoms with van der Waals surface area (Å²) >= 11 is 0. The van der Waals surface area contributed by atoms with Crippen molar-refractivity contribution >= 4 is 16.1 Å². The van der Waals surface area contributed by atoms with Gasteiger partial charge in [0, 0.05) is 0 Å². The third-order valence-corrected chi connectivity index (χ3v) is 8.89. The minimum Gasteiger partial charge on any atom is -0.415 e. The van der Waals surface area contributed by atoms with Crippen molar-refractivity contribution in [2.75, 3.05) is 0 Å². The molecule has 1 unspecified atom stereocenters.